The molecule has 3 nitrogen and oxygen atoms in total. The Kier molecular flexibility index (Phi) is 5.70. The normalized spacial score (nSPS) is 21.6. The monoisotopic (exact) mass is 296 g/mol. The molecule has 1 atom stereocenters. The molecule has 3 rings (SSSR count). The lowest BCUT2D eigenvalue weighted by atomic mass is 9.88. The summed E-state index contributed by atoms with van der Waals surface area (Å²) in [5, 5.41) is 0. The largest absolute Gasteiger partial charge is 0.381 e. The zero-order chi connectivity index (χ0) is 13.1. The molecule has 0 bridgehead atoms. The van der Waals surface area contributed by atoms with Gasteiger partial charge in [-0.3, -0.25) is 0 Å². The standard InChI is InChI=1S/C16H24N2O.ClH/c17-16(14-7-11-19-12-8-14)13-3-5-15(6-4-13)18-9-1-2-10-18;/h3-6,14,16H,1-2,7-12,17H2;1H/t16-;/m0./s1. The van der Waals surface area contributed by atoms with Gasteiger partial charge in [0.1, 0.15) is 0 Å². The van der Waals surface area contributed by atoms with Gasteiger partial charge in [0.2, 0.25) is 0 Å². The molecule has 2 aliphatic rings. The molecule has 2 heterocycles. The van der Waals surface area contributed by atoms with Gasteiger partial charge in [-0.25, -0.2) is 0 Å². The predicted octanol–water partition coefficient (Wildman–Crippen LogP) is 3.14. The van der Waals surface area contributed by atoms with Crippen LogP contribution in [0.25, 0.3) is 0 Å². The minimum absolute atomic E-state index is 0. The number of halogens is 1. The van der Waals surface area contributed by atoms with Crippen LogP contribution in [0.15, 0.2) is 24.3 Å². The topological polar surface area (TPSA) is 38.5 Å². The van der Waals surface area contributed by atoms with E-state index in [1.54, 1.807) is 0 Å². The Morgan fingerprint density at radius 2 is 1.65 bits per heavy atom. The van der Waals surface area contributed by atoms with Crippen molar-refractivity contribution in [3.05, 3.63) is 29.8 Å². The molecule has 0 aliphatic carbocycles. The number of anilines is 1. The summed E-state index contributed by atoms with van der Waals surface area (Å²) in [7, 11) is 0. The third-order valence-corrected chi connectivity index (χ3v) is 4.52. The average Bonchev–Trinajstić information content (AvgIpc) is 3.02. The molecule has 1 aromatic carbocycles. The van der Waals surface area contributed by atoms with E-state index in [0.29, 0.717) is 5.92 Å². The van der Waals surface area contributed by atoms with Crippen LogP contribution >= 0.6 is 12.4 Å². The van der Waals surface area contributed by atoms with Crippen LogP contribution < -0.4 is 10.6 Å². The van der Waals surface area contributed by atoms with Crippen LogP contribution in [0.5, 0.6) is 0 Å². The van der Waals surface area contributed by atoms with E-state index in [1.807, 2.05) is 0 Å². The van der Waals surface area contributed by atoms with Crippen molar-refractivity contribution in [3.8, 4) is 0 Å². The minimum atomic E-state index is 0. The fraction of sp³-hybridized carbons (Fsp3) is 0.625. The molecule has 2 saturated heterocycles. The molecule has 1 aromatic rings. The quantitative estimate of drug-likeness (QED) is 0.931. The van der Waals surface area contributed by atoms with Gasteiger partial charge in [-0.2, -0.15) is 0 Å². The fourth-order valence-corrected chi connectivity index (χ4v) is 3.23. The second-order valence-electron chi connectivity index (χ2n) is 5.76. The predicted molar refractivity (Wildman–Crippen MR) is 85.6 cm³/mol. The number of rotatable bonds is 3. The maximum Gasteiger partial charge on any atom is 0.0469 e. The lowest BCUT2D eigenvalue weighted by Crippen LogP contribution is -2.27. The minimum Gasteiger partial charge on any atom is -0.381 e. The van der Waals surface area contributed by atoms with E-state index >= 15 is 0 Å². The first kappa shape index (κ1) is 15.6. The summed E-state index contributed by atoms with van der Waals surface area (Å²) in [5.41, 5.74) is 9.02. The Labute approximate surface area is 127 Å². The fourth-order valence-electron chi connectivity index (χ4n) is 3.23. The zero-order valence-corrected chi connectivity index (χ0v) is 12.8. The SMILES string of the molecule is Cl.N[C@@H](c1ccc(N2CCCC2)cc1)C1CCOCC1. The first-order valence-electron chi connectivity index (χ1n) is 7.53. The maximum atomic E-state index is 6.40. The highest BCUT2D eigenvalue weighted by Gasteiger charge is 2.22. The van der Waals surface area contributed by atoms with Crippen LogP contribution in [0, 0.1) is 5.92 Å². The van der Waals surface area contributed by atoms with Gasteiger partial charge in [-0.15, -0.1) is 12.4 Å². The highest BCUT2D eigenvalue weighted by Crippen LogP contribution is 2.29. The Morgan fingerprint density at radius 3 is 2.25 bits per heavy atom. The first-order valence-corrected chi connectivity index (χ1v) is 7.53. The van der Waals surface area contributed by atoms with Gasteiger partial charge in [0.25, 0.3) is 0 Å². The van der Waals surface area contributed by atoms with Crippen LogP contribution in [0.4, 0.5) is 5.69 Å². The lowest BCUT2D eigenvalue weighted by molar-refractivity contribution is 0.0584. The second kappa shape index (κ2) is 7.30. The van der Waals surface area contributed by atoms with Gasteiger partial charge in [0.15, 0.2) is 0 Å². The summed E-state index contributed by atoms with van der Waals surface area (Å²) >= 11 is 0. The highest BCUT2D eigenvalue weighted by atomic mass is 35.5. The first-order chi connectivity index (χ1) is 9.34. The van der Waals surface area contributed by atoms with Crippen LogP contribution in [0.1, 0.15) is 37.3 Å². The number of nitrogens with zero attached hydrogens (tertiary/aromatic N) is 1. The van der Waals surface area contributed by atoms with Gasteiger partial charge in [-0.1, -0.05) is 12.1 Å². The highest BCUT2D eigenvalue weighted by molar-refractivity contribution is 5.85. The molecular formula is C16H25ClN2O. The van der Waals surface area contributed by atoms with Crippen molar-refractivity contribution in [1.82, 2.24) is 0 Å². The lowest BCUT2D eigenvalue weighted by Gasteiger charge is -2.28. The number of ether oxygens (including phenoxy) is 1. The molecule has 0 aromatic heterocycles. The summed E-state index contributed by atoms with van der Waals surface area (Å²) in [4.78, 5) is 2.46. The number of benzene rings is 1. The Hall–Kier alpha value is -0.770. The van der Waals surface area contributed by atoms with E-state index in [2.05, 4.69) is 29.2 Å². The van der Waals surface area contributed by atoms with E-state index < -0.39 is 0 Å². The molecular weight excluding hydrogens is 272 g/mol. The maximum absolute atomic E-state index is 6.40. The Balaban J connectivity index is 0.00000147. The molecule has 0 saturated carbocycles. The smallest absolute Gasteiger partial charge is 0.0469 e. The van der Waals surface area contributed by atoms with Crippen LogP contribution in [-0.2, 0) is 4.74 Å². The molecule has 0 spiro atoms. The Morgan fingerprint density at radius 1 is 1.05 bits per heavy atom. The summed E-state index contributed by atoms with van der Waals surface area (Å²) in [6.07, 6.45) is 4.83. The Bertz CT molecular complexity index is 397. The van der Waals surface area contributed by atoms with Crippen LogP contribution in [-0.4, -0.2) is 26.3 Å². The van der Waals surface area contributed by atoms with E-state index in [0.717, 1.165) is 26.1 Å². The van der Waals surface area contributed by atoms with Crippen LogP contribution in [0.2, 0.25) is 0 Å². The van der Waals surface area contributed by atoms with Crippen molar-refractivity contribution in [2.24, 2.45) is 11.7 Å². The number of nitrogens with two attached hydrogens (primary N) is 1. The average molecular weight is 297 g/mol. The van der Waals surface area contributed by atoms with Gasteiger partial charge in [0.05, 0.1) is 0 Å². The van der Waals surface area contributed by atoms with Gasteiger partial charge >= 0.3 is 0 Å². The van der Waals surface area contributed by atoms with E-state index in [1.165, 1.54) is 37.2 Å². The van der Waals surface area contributed by atoms with Gasteiger partial charge in [-0.05, 0) is 49.3 Å². The molecule has 0 amide bonds. The number of hydrogen-bond acceptors (Lipinski definition) is 3. The molecule has 2 fully saturated rings. The molecule has 2 N–H and O–H groups in total. The van der Waals surface area contributed by atoms with Crippen LogP contribution in [0.3, 0.4) is 0 Å². The van der Waals surface area contributed by atoms with Crippen molar-refractivity contribution in [2.45, 2.75) is 31.7 Å². The third kappa shape index (κ3) is 3.46. The second-order valence-corrected chi connectivity index (χ2v) is 5.76. The molecule has 0 radical (unpaired) electrons. The molecule has 20 heavy (non-hydrogen) atoms. The van der Waals surface area contributed by atoms with E-state index in [9.17, 15) is 0 Å². The summed E-state index contributed by atoms with van der Waals surface area (Å²) in [6, 6.07) is 9.07. The summed E-state index contributed by atoms with van der Waals surface area (Å²) in [5.74, 6) is 0.575. The third-order valence-electron chi connectivity index (χ3n) is 4.52. The number of hydrogen-bond donors (Lipinski definition) is 1. The van der Waals surface area contributed by atoms with Crippen molar-refractivity contribution in [1.29, 1.82) is 0 Å². The van der Waals surface area contributed by atoms with Crippen molar-refractivity contribution < 1.29 is 4.74 Å². The van der Waals surface area contributed by atoms with E-state index in [-0.39, 0.29) is 18.4 Å². The van der Waals surface area contributed by atoms with Crippen molar-refractivity contribution in [3.63, 3.8) is 0 Å². The van der Waals surface area contributed by atoms with Gasteiger partial charge in [0, 0.05) is 38.0 Å². The molecule has 0 unspecified atom stereocenters. The van der Waals surface area contributed by atoms with Crippen molar-refractivity contribution >= 4 is 18.1 Å². The summed E-state index contributed by atoms with van der Waals surface area (Å²) in [6.45, 7) is 4.13. The van der Waals surface area contributed by atoms with Gasteiger partial charge < -0.3 is 15.4 Å². The molecule has 2 aliphatic heterocycles. The van der Waals surface area contributed by atoms with E-state index in [4.69, 9.17) is 10.5 Å². The molecule has 112 valence electrons. The zero-order valence-electron chi connectivity index (χ0n) is 12.0. The molecule has 4 heteroatoms. The summed E-state index contributed by atoms with van der Waals surface area (Å²) < 4.78 is 5.41. The van der Waals surface area contributed by atoms with Crippen molar-refractivity contribution in [2.75, 3.05) is 31.2 Å².